The van der Waals surface area contributed by atoms with Gasteiger partial charge in [-0.25, -0.2) is 18.1 Å². The van der Waals surface area contributed by atoms with Crippen molar-refractivity contribution in [2.75, 3.05) is 13.1 Å². The van der Waals surface area contributed by atoms with Gasteiger partial charge in [0.2, 0.25) is 0 Å². The van der Waals surface area contributed by atoms with Gasteiger partial charge in [0, 0.05) is 37.9 Å². The molecule has 0 amide bonds. The number of aromatic nitrogens is 1. The Morgan fingerprint density at radius 3 is 2.75 bits per heavy atom. The average molecular weight is 296 g/mol. The first-order valence-electron chi connectivity index (χ1n) is 7.00. The van der Waals surface area contributed by atoms with E-state index in [-0.39, 0.29) is 11.1 Å². The predicted octanol–water partition coefficient (Wildman–Crippen LogP) is 0.0553. The molecule has 3 rings (SSSR count). The fraction of sp³-hybridized carbons (Fsp3) is 0.615. The molecule has 1 saturated carbocycles. The number of hydrogen-bond donors (Lipinski definition) is 2. The number of likely N-dealkylation sites (tertiary alicyclic amines) is 1. The van der Waals surface area contributed by atoms with Crippen molar-refractivity contribution in [3.63, 3.8) is 0 Å². The van der Waals surface area contributed by atoms with E-state index in [1.165, 1.54) is 25.1 Å². The molecule has 3 N–H and O–H groups in total. The number of nitrogens with two attached hydrogens (primary N) is 1. The van der Waals surface area contributed by atoms with Crippen molar-refractivity contribution >= 4 is 10.0 Å². The Bertz CT molecular complexity index is 569. The Hall–Kier alpha value is -1.02. The highest BCUT2D eigenvalue weighted by atomic mass is 32.2. The Labute approximate surface area is 119 Å². The molecule has 2 fully saturated rings. The first-order chi connectivity index (χ1) is 9.58. The zero-order valence-corrected chi connectivity index (χ0v) is 12.1. The highest BCUT2D eigenvalue weighted by molar-refractivity contribution is 7.89. The highest BCUT2D eigenvalue weighted by Crippen LogP contribution is 2.30. The third-order valence-corrected chi connectivity index (χ3v) is 5.35. The average Bonchev–Trinajstić information content (AvgIpc) is 3.20. The van der Waals surface area contributed by atoms with Gasteiger partial charge in [-0.15, -0.1) is 0 Å². The van der Waals surface area contributed by atoms with Crippen LogP contribution < -0.4 is 10.5 Å². The largest absolute Gasteiger partial charge is 0.326 e. The molecule has 6 nitrogen and oxygen atoms in total. The van der Waals surface area contributed by atoms with Crippen LogP contribution in [0.15, 0.2) is 23.4 Å². The van der Waals surface area contributed by atoms with Crippen molar-refractivity contribution in [1.82, 2.24) is 14.6 Å². The fourth-order valence-corrected chi connectivity index (χ4v) is 3.82. The molecule has 0 spiro atoms. The molecule has 0 aromatic carbocycles. The molecule has 7 heteroatoms. The Balaban J connectivity index is 1.65. The molecule has 1 unspecified atom stereocenters. The predicted molar refractivity (Wildman–Crippen MR) is 75.4 cm³/mol. The summed E-state index contributed by atoms with van der Waals surface area (Å²) >= 11 is 0. The second-order valence-electron chi connectivity index (χ2n) is 5.54. The molecule has 1 aliphatic carbocycles. The lowest BCUT2D eigenvalue weighted by atomic mass is 10.3. The number of rotatable bonds is 5. The normalized spacial score (nSPS) is 24.1. The van der Waals surface area contributed by atoms with Crippen molar-refractivity contribution in [1.29, 1.82) is 0 Å². The molecule has 1 aliphatic heterocycles. The topological polar surface area (TPSA) is 88.3 Å². The van der Waals surface area contributed by atoms with Crippen LogP contribution in [-0.4, -0.2) is 43.5 Å². The van der Waals surface area contributed by atoms with Crippen molar-refractivity contribution < 1.29 is 8.42 Å². The third-order valence-electron chi connectivity index (χ3n) is 3.91. The van der Waals surface area contributed by atoms with Crippen LogP contribution in [0.2, 0.25) is 0 Å². The van der Waals surface area contributed by atoms with Crippen molar-refractivity contribution in [2.24, 2.45) is 5.73 Å². The lowest BCUT2D eigenvalue weighted by Crippen LogP contribution is -2.37. The van der Waals surface area contributed by atoms with E-state index in [1.54, 1.807) is 6.07 Å². The summed E-state index contributed by atoms with van der Waals surface area (Å²) in [6.45, 7) is 2.15. The van der Waals surface area contributed by atoms with Crippen LogP contribution in [0.3, 0.4) is 0 Å². The van der Waals surface area contributed by atoms with Crippen LogP contribution in [0.1, 0.15) is 24.8 Å². The monoisotopic (exact) mass is 296 g/mol. The summed E-state index contributed by atoms with van der Waals surface area (Å²) in [4.78, 5) is 6.36. The second-order valence-corrected chi connectivity index (χ2v) is 7.20. The standard InChI is InChI=1S/C13H20N4O2S/c14-7-10-1-4-13(15-8-10)20(18,19)16-11-5-6-17(9-11)12-2-3-12/h1,4,8,11-12,16H,2-3,5-7,9,14H2. The first kappa shape index (κ1) is 13.9. The first-order valence-corrected chi connectivity index (χ1v) is 8.48. The van der Waals surface area contributed by atoms with Crippen molar-refractivity contribution in [3.8, 4) is 0 Å². The lowest BCUT2D eigenvalue weighted by Gasteiger charge is -2.15. The van der Waals surface area contributed by atoms with Crippen LogP contribution in [0.25, 0.3) is 0 Å². The molecule has 20 heavy (non-hydrogen) atoms. The van der Waals surface area contributed by atoms with E-state index in [2.05, 4.69) is 14.6 Å². The van der Waals surface area contributed by atoms with Gasteiger partial charge in [0.25, 0.3) is 10.0 Å². The summed E-state index contributed by atoms with van der Waals surface area (Å²) < 4.78 is 27.3. The number of sulfonamides is 1. The smallest absolute Gasteiger partial charge is 0.258 e. The van der Waals surface area contributed by atoms with E-state index in [0.29, 0.717) is 12.6 Å². The Morgan fingerprint density at radius 1 is 1.35 bits per heavy atom. The van der Waals surface area contributed by atoms with E-state index >= 15 is 0 Å². The van der Waals surface area contributed by atoms with Gasteiger partial charge < -0.3 is 5.73 Å². The Morgan fingerprint density at radius 2 is 2.15 bits per heavy atom. The maximum atomic E-state index is 12.3. The van der Waals surface area contributed by atoms with Crippen LogP contribution >= 0.6 is 0 Å². The van der Waals surface area contributed by atoms with E-state index in [0.717, 1.165) is 25.1 Å². The minimum Gasteiger partial charge on any atom is -0.326 e. The maximum absolute atomic E-state index is 12.3. The van der Waals surface area contributed by atoms with E-state index < -0.39 is 10.0 Å². The number of nitrogens with zero attached hydrogens (tertiary/aromatic N) is 2. The zero-order valence-electron chi connectivity index (χ0n) is 11.3. The van der Waals surface area contributed by atoms with Gasteiger partial charge in [-0.2, -0.15) is 0 Å². The van der Waals surface area contributed by atoms with Crippen molar-refractivity contribution in [3.05, 3.63) is 23.9 Å². The van der Waals surface area contributed by atoms with Crippen LogP contribution in [0, 0.1) is 0 Å². The fourth-order valence-electron chi connectivity index (χ4n) is 2.63. The molecule has 1 aromatic heterocycles. The van der Waals surface area contributed by atoms with E-state index in [1.807, 2.05) is 0 Å². The number of nitrogens with one attached hydrogen (secondary N) is 1. The van der Waals surface area contributed by atoms with Gasteiger partial charge in [0.1, 0.15) is 0 Å². The summed E-state index contributed by atoms with van der Waals surface area (Å²) in [6.07, 6.45) is 4.89. The maximum Gasteiger partial charge on any atom is 0.258 e. The molecule has 1 saturated heterocycles. The summed E-state index contributed by atoms with van der Waals surface area (Å²) in [7, 11) is -3.53. The summed E-state index contributed by atoms with van der Waals surface area (Å²) in [5.41, 5.74) is 6.30. The van der Waals surface area contributed by atoms with Gasteiger partial charge in [-0.05, 0) is 30.9 Å². The molecule has 0 radical (unpaired) electrons. The molecule has 110 valence electrons. The van der Waals surface area contributed by atoms with Gasteiger partial charge in [-0.3, -0.25) is 4.90 Å². The molecule has 1 aromatic rings. The van der Waals surface area contributed by atoms with Gasteiger partial charge in [0.15, 0.2) is 5.03 Å². The quantitative estimate of drug-likeness (QED) is 0.802. The second kappa shape index (κ2) is 5.40. The Kier molecular flexibility index (Phi) is 3.76. The number of hydrogen-bond acceptors (Lipinski definition) is 5. The lowest BCUT2D eigenvalue weighted by molar-refractivity contribution is 0.322. The van der Waals surface area contributed by atoms with Crippen LogP contribution in [0.5, 0.6) is 0 Å². The van der Waals surface area contributed by atoms with Gasteiger partial charge in [0.05, 0.1) is 0 Å². The SMILES string of the molecule is NCc1ccc(S(=O)(=O)NC2CCN(C3CC3)C2)nc1. The summed E-state index contributed by atoms with van der Waals surface area (Å²) in [5, 5.41) is 0.0690. The minimum absolute atomic E-state index is 0.00316. The van der Waals surface area contributed by atoms with Crippen molar-refractivity contribution in [2.45, 2.75) is 42.9 Å². The zero-order chi connectivity index (χ0) is 14.2. The van der Waals surface area contributed by atoms with E-state index in [4.69, 9.17) is 5.73 Å². The molecule has 2 heterocycles. The summed E-state index contributed by atoms with van der Waals surface area (Å²) in [6, 6.07) is 3.90. The van der Waals surface area contributed by atoms with Gasteiger partial charge in [-0.1, -0.05) is 6.07 Å². The summed E-state index contributed by atoms with van der Waals surface area (Å²) in [5.74, 6) is 0. The number of pyridine rings is 1. The van der Waals surface area contributed by atoms with Crippen LogP contribution in [-0.2, 0) is 16.6 Å². The van der Waals surface area contributed by atoms with E-state index in [9.17, 15) is 8.42 Å². The molecular weight excluding hydrogens is 276 g/mol. The molecule has 2 aliphatic rings. The minimum atomic E-state index is -3.53. The molecule has 0 bridgehead atoms. The van der Waals surface area contributed by atoms with Gasteiger partial charge >= 0.3 is 0 Å². The van der Waals surface area contributed by atoms with Crippen LogP contribution in [0.4, 0.5) is 0 Å². The molecule has 1 atom stereocenters. The molecular formula is C13H20N4O2S. The highest BCUT2D eigenvalue weighted by Gasteiger charge is 2.35. The third kappa shape index (κ3) is 3.01.